The first-order valence-corrected chi connectivity index (χ1v) is 10.4. The SMILES string of the molecule is CCSc1ccc(CNc2nc3cnc(Cl)nc3n(C3CCOC3)c2=O)nc1. The molecule has 1 fully saturated rings. The average Bonchev–Trinajstić information content (AvgIpc) is 3.22. The van der Waals surface area contributed by atoms with Crippen molar-refractivity contribution in [3.63, 3.8) is 0 Å². The molecule has 0 saturated carbocycles. The topological polar surface area (TPSA) is 94.8 Å². The van der Waals surface area contributed by atoms with Gasteiger partial charge in [-0.15, -0.1) is 11.8 Å². The second-order valence-electron chi connectivity index (χ2n) is 6.27. The molecule has 0 spiro atoms. The first-order valence-electron chi connectivity index (χ1n) is 9.00. The van der Waals surface area contributed by atoms with Crippen molar-refractivity contribution in [3.05, 3.63) is 45.9 Å². The maximum absolute atomic E-state index is 13.1. The Balaban J connectivity index is 1.66. The maximum Gasteiger partial charge on any atom is 0.295 e. The summed E-state index contributed by atoms with van der Waals surface area (Å²) >= 11 is 7.68. The smallest absolute Gasteiger partial charge is 0.295 e. The molecule has 0 aliphatic carbocycles. The molecule has 146 valence electrons. The lowest BCUT2D eigenvalue weighted by molar-refractivity contribution is 0.186. The van der Waals surface area contributed by atoms with Gasteiger partial charge in [0.15, 0.2) is 11.5 Å². The Morgan fingerprint density at radius 3 is 2.93 bits per heavy atom. The van der Waals surface area contributed by atoms with Crippen molar-refractivity contribution < 1.29 is 4.74 Å². The number of anilines is 1. The molecular weight excluding hydrogens is 400 g/mol. The highest BCUT2D eigenvalue weighted by atomic mass is 35.5. The van der Waals surface area contributed by atoms with E-state index in [0.29, 0.717) is 30.9 Å². The molecule has 1 saturated heterocycles. The largest absolute Gasteiger partial charge is 0.379 e. The van der Waals surface area contributed by atoms with Gasteiger partial charge in [-0.1, -0.05) is 6.92 Å². The van der Waals surface area contributed by atoms with Gasteiger partial charge in [-0.25, -0.2) is 9.97 Å². The number of ether oxygens (including phenoxy) is 1. The van der Waals surface area contributed by atoms with E-state index in [1.54, 1.807) is 16.3 Å². The van der Waals surface area contributed by atoms with Crippen LogP contribution in [0.15, 0.2) is 34.2 Å². The summed E-state index contributed by atoms with van der Waals surface area (Å²) in [7, 11) is 0. The number of nitrogens with one attached hydrogen (secondary N) is 1. The lowest BCUT2D eigenvalue weighted by atomic mass is 10.2. The first-order chi connectivity index (χ1) is 13.7. The molecule has 4 rings (SSSR count). The van der Waals surface area contributed by atoms with Crippen LogP contribution in [0.3, 0.4) is 0 Å². The van der Waals surface area contributed by atoms with Crippen LogP contribution in [-0.2, 0) is 11.3 Å². The number of aromatic nitrogens is 5. The first kappa shape index (κ1) is 19.1. The Hall–Kier alpha value is -2.23. The van der Waals surface area contributed by atoms with E-state index in [9.17, 15) is 4.79 Å². The molecule has 0 radical (unpaired) electrons. The molecule has 10 heteroatoms. The Kier molecular flexibility index (Phi) is 5.74. The zero-order valence-corrected chi connectivity index (χ0v) is 16.8. The standard InChI is InChI=1S/C18H19ClN6O2S/c1-2-28-13-4-3-11(20-8-13)7-21-15-17(26)25(12-5-6-27-10-12)16-14(23-15)9-22-18(19)24-16/h3-4,8-9,12H,2,5-7,10H2,1H3,(H,21,23). The second kappa shape index (κ2) is 8.42. The van der Waals surface area contributed by atoms with Gasteiger partial charge in [0.25, 0.3) is 5.56 Å². The molecule has 0 bridgehead atoms. The number of pyridine rings is 1. The molecule has 1 N–H and O–H groups in total. The van der Waals surface area contributed by atoms with Crippen molar-refractivity contribution in [2.24, 2.45) is 0 Å². The van der Waals surface area contributed by atoms with Gasteiger partial charge in [-0.3, -0.25) is 14.3 Å². The van der Waals surface area contributed by atoms with Gasteiger partial charge < -0.3 is 10.1 Å². The molecule has 3 aromatic rings. The van der Waals surface area contributed by atoms with Crippen molar-refractivity contribution in [1.82, 2.24) is 24.5 Å². The van der Waals surface area contributed by atoms with Gasteiger partial charge in [0.2, 0.25) is 5.28 Å². The van der Waals surface area contributed by atoms with Crippen LogP contribution in [0.5, 0.6) is 0 Å². The zero-order valence-electron chi connectivity index (χ0n) is 15.3. The van der Waals surface area contributed by atoms with Crippen molar-refractivity contribution in [1.29, 1.82) is 0 Å². The average molecular weight is 419 g/mol. The van der Waals surface area contributed by atoms with Crippen molar-refractivity contribution in [3.8, 4) is 0 Å². The molecule has 1 unspecified atom stereocenters. The summed E-state index contributed by atoms with van der Waals surface area (Å²) in [4.78, 5) is 31.3. The summed E-state index contributed by atoms with van der Waals surface area (Å²) < 4.78 is 7.07. The molecule has 1 aliphatic rings. The molecule has 0 aromatic carbocycles. The monoisotopic (exact) mass is 418 g/mol. The van der Waals surface area contributed by atoms with Gasteiger partial charge in [0.05, 0.1) is 31.1 Å². The second-order valence-corrected chi connectivity index (χ2v) is 7.95. The Labute approximate surface area is 170 Å². The van der Waals surface area contributed by atoms with Crippen LogP contribution in [-0.4, -0.2) is 43.5 Å². The summed E-state index contributed by atoms with van der Waals surface area (Å²) in [5.41, 5.74) is 1.49. The van der Waals surface area contributed by atoms with Crippen LogP contribution in [0, 0.1) is 0 Å². The van der Waals surface area contributed by atoms with Crippen molar-refractivity contribution in [2.45, 2.75) is 30.8 Å². The highest BCUT2D eigenvalue weighted by molar-refractivity contribution is 7.99. The fraction of sp³-hybridized carbons (Fsp3) is 0.389. The van der Waals surface area contributed by atoms with E-state index in [1.165, 1.54) is 6.20 Å². The summed E-state index contributed by atoms with van der Waals surface area (Å²) in [6, 6.07) is 3.86. The van der Waals surface area contributed by atoms with E-state index in [2.05, 4.69) is 32.2 Å². The predicted molar refractivity (Wildman–Crippen MR) is 109 cm³/mol. The van der Waals surface area contributed by atoms with Gasteiger partial charge in [0.1, 0.15) is 5.52 Å². The van der Waals surface area contributed by atoms with Crippen molar-refractivity contribution >= 4 is 40.3 Å². The normalized spacial score (nSPS) is 16.6. The van der Waals surface area contributed by atoms with E-state index >= 15 is 0 Å². The van der Waals surface area contributed by atoms with E-state index in [1.807, 2.05) is 18.3 Å². The Morgan fingerprint density at radius 1 is 1.32 bits per heavy atom. The van der Waals surface area contributed by atoms with Crippen LogP contribution in [0.2, 0.25) is 5.28 Å². The highest BCUT2D eigenvalue weighted by Crippen LogP contribution is 2.22. The van der Waals surface area contributed by atoms with Crippen LogP contribution in [0.4, 0.5) is 5.82 Å². The molecule has 1 aliphatic heterocycles. The fourth-order valence-corrected chi connectivity index (χ4v) is 3.86. The molecular formula is C18H19ClN6O2S. The summed E-state index contributed by atoms with van der Waals surface area (Å²) in [6.45, 7) is 3.55. The number of halogens is 1. The third-order valence-corrected chi connectivity index (χ3v) is 5.46. The van der Waals surface area contributed by atoms with E-state index in [-0.39, 0.29) is 22.7 Å². The molecule has 28 heavy (non-hydrogen) atoms. The summed E-state index contributed by atoms with van der Waals surface area (Å²) in [5.74, 6) is 1.23. The van der Waals surface area contributed by atoms with Crippen LogP contribution in [0.25, 0.3) is 11.2 Å². The predicted octanol–water partition coefficient (Wildman–Crippen LogP) is 2.92. The quantitative estimate of drug-likeness (QED) is 0.482. The number of hydrogen-bond acceptors (Lipinski definition) is 8. The third-order valence-electron chi connectivity index (χ3n) is 4.42. The van der Waals surface area contributed by atoms with Gasteiger partial charge in [0, 0.05) is 17.7 Å². The van der Waals surface area contributed by atoms with E-state index in [4.69, 9.17) is 16.3 Å². The third kappa shape index (κ3) is 3.96. The van der Waals surface area contributed by atoms with Gasteiger partial charge in [-0.2, -0.15) is 4.98 Å². The van der Waals surface area contributed by atoms with Crippen molar-refractivity contribution in [2.75, 3.05) is 24.3 Å². The Bertz CT molecular complexity index is 1040. The van der Waals surface area contributed by atoms with Crippen LogP contribution < -0.4 is 10.9 Å². The molecule has 4 heterocycles. The summed E-state index contributed by atoms with van der Waals surface area (Å²) in [5, 5.41) is 3.19. The lowest BCUT2D eigenvalue weighted by Gasteiger charge is -2.16. The molecule has 0 amide bonds. The minimum absolute atomic E-state index is 0.0799. The van der Waals surface area contributed by atoms with Gasteiger partial charge >= 0.3 is 0 Å². The minimum Gasteiger partial charge on any atom is -0.379 e. The minimum atomic E-state index is -0.254. The van der Waals surface area contributed by atoms with Crippen LogP contribution >= 0.6 is 23.4 Å². The van der Waals surface area contributed by atoms with Gasteiger partial charge in [-0.05, 0) is 35.9 Å². The van der Waals surface area contributed by atoms with E-state index in [0.717, 1.165) is 22.8 Å². The fourth-order valence-electron chi connectivity index (χ4n) is 3.10. The summed E-state index contributed by atoms with van der Waals surface area (Å²) in [6.07, 6.45) is 4.10. The number of hydrogen-bond donors (Lipinski definition) is 1. The number of fused-ring (bicyclic) bond motifs is 1. The molecule has 3 aromatic heterocycles. The molecule has 8 nitrogen and oxygen atoms in total. The molecule has 1 atom stereocenters. The lowest BCUT2D eigenvalue weighted by Crippen LogP contribution is -2.30. The Morgan fingerprint density at radius 2 is 2.21 bits per heavy atom. The maximum atomic E-state index is 13.1. The van der Waals surface area contributed by atoms with Crippen LogP contribution in [0.1, 0.15) is 25.1 Å². The van der Waals surface area contributed by atoms with E-state index < -0.39 is 0 Å². The number of nitrogens with zero attached hydrogens (tertiary/aromatic N) is 5. The number of thioether (sulfide) groups is 1. The highest BCUT2D eigenvalue weighted by Gasteiger charge is 2.24. The number of rotatable bonds is 6. The zero-order chi connectivity index (χ0) is 19.5.